The Morgan fingerprint density at radius 2 is 1.14 bits per heavy atom. The third kappa shape index (κ3) is 16.9. The quantitative estimate of drug-likeness (QED) is 0.100. The summed E-state index contributed by atoms with van der Waals surface area (Å²) in [5, 5.41) is 14.1. The average molecular weight is 616 g/mol. The van der Waals surface area contributed by atoms with E-state index in [1.165, 1.54) is 77.0 Å². The molecular formula is C39H69NO4. The van der Waals surface area contributed by atoms with Crippen LogP contribution in [0.25, 0.3) is 0 Å². The first-order valence-electron chi connectivity index (χ1n) is 18.0. The van der Waals surface area contributed by atoms with E-state index >= 15 is 0 Å². The lowest BCUT2D eigenvalue weighted by Gasteiger charge is -2.29. The number of rotatable bonds is 22. The molecule has 1 aromatic carbocycles. The number of phenols is 1. The van der Waals surface area contributed by atoms with Crippen LogP contribution in [0.4, 0.5) is 0 Å². The largest absolute Gasteiger partial charge is 0.507 e. The molecule has 2 N–H and O–H groups in total. The minimum atomic E-state index is -0.761. The van der Waals surface area contributed by atoms with Crippen molar-refractivity contribution in [3.05, 3.63) is 28.8 Å². The van der Waals surface area contributed by atoms with E-state index in [2.05, 4.69) is 53.8 Å². The Balaban J connectivity index is 2.60. The van der Waals surface area contributed by atoms with Gasteiger partial charge in [0.2, 0.25) is 5.91 Å². The van der Waals surface area contributed by atoms with Gasteiger partial charge in [0, 0.05) is 12.8 Å². The Morgan fingerprint density at radius 1 is 0.727 bits per heavy atom. The van der Waals surface area contributed by atoms with Crippen LogP contribution in [0.5, 0.6) is 5.75 Å². The van der Waals surface area contributed by atoms with Gasteiger partial charge in [-0.3, -0.25) is 4.79 Å². The van der Waals surface area contributed by atoms with Crippen molar-refractivity contribution in [3.8, 4) is 5.75 Å². The van der Waals surface area contributed by atoms with Crippen molar-refractivity contribution >= 4 is 11.9 Å². The summed E-state index contributed by atoms with van der Waals surface area (Å²) in [4.78, 5) is 26.1. The smallest absolute Gasteiger partial charge is 0.328 e. The Hall–Kier alpha value is -2.04. The number of carbonyl (C=O) groups excluding carboxylic acids is 2. The van der Waals surface area contributed by atoms with E-state index in [0.29, 0.717) is 25.2 Å². The molecule has 254 valence electrons. The first-order chi connectivity index (χ1) is 20.7. The van der Waals surface area contributed by atoms with E-state index in [4.69, 9.17) is 4.74 Å². The van der Waals surface area contributed by atoms with Gasteiger partial charge < -0.3 is 15.2 Å². The molecular weight excluding hydrogens is 546 g/mol. The van der Waals surface area contributed by atoms with E-state index in [1.54, 1.807) is 0 Å². The molecule has 1 rings (SSSR count). The van der Waals surface area contributed by atoms with Gasteiger partial charge in [0.05, 0.1) is 6.61 Å². The molecule has 0 saturated carbocycles. The summed E-state index contributed by atoms with van der Waals surface area (Å²) >= 11 is 0. The summed E-state index contributed by atoms with van der Waals surface area (Å²) in [7, 11) is 0. The topological polar surface area (TPSA) is 75.6 Å². The predicted molar refractivity (Wildman–Crippen MR) is 186 cm³/mol. The zero-order valence-corrected chi connectivity index (χ0v) is 30.2. The van der Waals surface area contributed by atoms with Gasteiger partial charge in [-0.2, -0.15) is 0 Å². The second kappa shape index (κ2) is 20.9. The molecule has 0 aliphatic heterocycles. The van der Waals surface area contributed by atoms with Crippen molar-refractivity contribution < 1.29 is 19.4 Å². The van der Waals surface area contributed by atoms with Crippen LogP contribution in [-0.4, -0.2) is 29.6 Å². The van der Waals surface area contributed by atoms with Crippen LogP contribution in [0.1, 0.15) is 182 Å². The summed E-state index contributed by atoms with van der Waals surface area (Å²) in [5.74, 6) is 0.0254. The molecule has 1 unspecified atom stereocenters. The maximum Gasteiger partial charge on any atom is 0.328 e. The van der Waals surface area contributed by atoms with Crippen molar-refractivity contribution in [2.45, 2.75) is 188 Å². The summed E-state index contributed by atoms with van der Waals surface area (Å²) in [6.07, 6.45) is 20.0. The maximum absolute atomic E-state index is 13.1. The number of hydrogen-bond donors (Lipinski definition) is 2. The third-order valence-electron chi connectivity index (χ3n) is 8.41. The molecule has 0 spiro atoms. The van der Waals surface area contributed by atoms with Crippen LogP contribution in [-0.2, 0) is 31.6 Å². The maximum atomic E-state index is 13.1. The molecule has 5 nitrogen and oxygen atoms in total. The molecule has 0 aliphatic carbocycles. The van der Waals surface area contributed by atoms with Crippen molar-refractivity contribution in [1.82, 2.24) is 5.32 Å². The number of aromatic hydroxyl groups is 1. The van der Waals surface area contributed by atoms with E-state index in [1.807, 2.05) is 26.0 Å². The van der Waals surface area contributed by atoms with Gasteiger partial charge in [0.1, 0.15) is 11.8 Å². The van der Waals surface area contributed by atoms with E-state index in [-0.39, 0.29) is 22.7 Å². The fourth-order valence-electron chi connectivity index (χ4n) is 5.66. The van der Waals surface area contributed by atoms with Crippen molar-refractivity contribution in [1.29, 1.82) is 0 Å². The number of benzene rings is 1. The Morgan fingerprint density at radius 3 is 1.52 bits per heavy atom. The second-order valence-corrected chi connectivity index (χ2v) is 15.6. The van der Waals surface area contributed by atoms with Crippen molar-refractivity contribution in [2.24, 2.45) is 5.92 Å². The summed E-state index contributed by atoms with van der Waals surface area (Å²) < 4.78 is 5.59. The molecule has 0 aromatic heterocycles. The van der Waals surface area contributed by atoms with Gasteiger partial charge in [-0.15, -0.1) is 0 Å². The summed E-state index contributed by atoms with van der Waals surface area (Å²) in [6.45, 7) is 19.0. The normalized spacial score (nSPS) is 12.9. The van der Waals surface area contributed by atoms with Gasteiger partial charge in [0.25, 0.3) is 0 Å². The molecule has 0 aliphatic rings. The first-order valence-corrected chi connectivity index (χ1v) is 18.0. The van der Waals surface area contributed by atoms with Gasteiger partial charge in [0.15, 0.2) is 0 Å². The van der Waals surface area contributed by atoms with Gasteiger partial charge >= 0.3 is 5.97 Å². The minimum absolute atomic E-state index is 0.0999. The number of nitrogens with one attached hydrogen (secondary N) is 1. The van der Waals surface area contributed by atoms with Crippen LogP contribution in [0.15, 0.2) is 12.1 Å². The first kappa shape index (κ1) is 40.0. The highest BCUT2D eigenvalue weighted by Gasteiger charge is 2.29. The van der Waals surface area contributed by atoms with Gasteiger partial charge in [-0.25, -0.2) is 4.79 Å². The lowest BCUT2D eigenvalue weighted by atomic mass is 9.78. The van der Waals surface area contributed by atoms with Crippen molar-refractivity contribution in [2.75, 3.05) is 6.61 Å². The molecule has 1 aromatic rings. The zero-order chi connectivity index (χ0) is 33.2. The molecule has 5 heteroatoms. The number of ether oxygens (including phenoxy) is 1. The summed E-state index contributed by atoms with van der Waals surface area (Å²) in [6, 6.07) is 3.20. The Labute approximate surface area is 271 Å². The van der Waals surface area contributed by atoms with Crippen LogP contribution in [0, 0.1) is 5.92 Å². The lowest BCUT2D eigenvalue weighted by Crippen LogP contribution is -2.43. The van der Waals surface area contributed by atoms with Crippen LogP contribution in [0.3, 0.4) is 0 Å². The number of unbranched alkanes of at least 4 members (excludes halogenated alkanes) is 14. The standard InChI is InChI=1S/C39H69NO4/c1-10-11-12-13-14-15-16-17-18-19-20-21-22-23-24-25-35(41)40-34(37(43)44-29-30(2)3)28-31-26-32(38(4,5)6)36(42)33(27-31)39(7,8)9/h26-27,30,34,42H,10-25,28-29H2,1-9H3,(H,40,41). The number of hydrogen-bond acceptors (Lipinski definition) is 4. The molecule has 0 saturated heterocycles. The summed E-state index contributed by atoms with van der Waals surface area (Å²) in [5.41, 5.74) is 2.06. The number of amides is 1. The number of carbonyl (C=O) groups is 2. The van der Waals surface area contributed by atoms with Crippen molar-refractivity contribution in [3.63, 3.8) is 0 Å². The van der Waals surface area contributed by atoms with Crippen LogP contribution < -0.4 is 5.32 Å². The SMILES string of the molecule is CCCCCCCCCCCCCCCCCC(=O)NC(Cc1cc(C(C)(C)C)c(O)c(C(C)(C)C)c1)C(=O)OCC(C)C. The fraction of sp³-hybridized carbons (Fsp3) is 0.795. The lowest BCUT2D eigenvalue weighted by molar-refractivity contribution is -0.148. The molecule has 1 amide bonds. The zero-order valence-electron chi connectivity index (χ0n) is 30.2. The molecule has 44 heavy (non-hydrogen) atoms. The Kier molecular flexibility index (Phi) is 19.0. The fourth-order valence-corrected chi connectivity index (χ4v) is 5.66. The van der Waals surface area contributed by atoms with E-state index in [9.17, 15) is 14.7 Å². The van der Waals surface area contributed by atoms with Crippen LogP contribution >= 0.6 is 0 Å². The average Bonchev–Trinajstić information content (AvgIpc) is 2.93. The minimum Gasteiger partial charge on any atom is -0.507 e. The highest BCUT2D eigenvalue weighted by atomic mass is 16.5. The number of phenolic OH excluding ortho intramolecular Hbond substituents is 1. The second-order valence-electron chi connectivity index (χ2n) is 15.6. The molecule has 0 radical (unpaired) electrons. The number of esters is 1. The van der Waals surface area contributed by atoms with Gasteiger partial charge in [-0.05, 0) is 39.9 Å². The third-order valence-corrected chi connectivity index (χ3v) is 8.41. The molecule has 0 heterocycles. The molecule has 0 fully saturated rings. The van der Waals surface area contributed by atoms with Gasteiger partial charge in [-0.1, -0.05) is 164 Å². The monoisotopic (exact) mass is 616 g/mol. The van der Waals surface area contributed by atoms with E-state index < -0.39 is 12.0 Å². The highest BCUT2D eigenvalue weighted by Crippen LogP contribution is 2.40. The molecule has 1 atom stereocenters. The Bertz CT molecular complexity index is 919. The predicted octanol–water partition coefficient (Wildman–Crippen LogP) is 10.5. The molecule has 0 bridgehead atoms. The van der Waals surface area contributed by atoms with E-state index in [0.717, 1.165) is 36.0 Å². The van der Waals surface area contributed by atoms with Crippen LogP contribution in [0.2, 0.25) is 0 Å². The highest BCUT2D eigenvalue weighted by molar-refractivity contribution is 5.84.